The lowest BCUT2D eigenvalue weighted by Crippen LogP contribution is -2.07. The van der Waals surface area contributed by atoms with Crippen LogP contribution in [0.4, 0.5) is 13.2 Å². The topological polar surface area (TPSA) is 27.7 Å². The van der Waals surface area contributed by atoms with Crippen LogP contribution in [0.1, 0.15) is 17.5 Å². The van der Waals surface area contributed by atoms with E-state index in [1.54, 1.807) is 12.1 Å². The average Bonchev–Trinajstić information content (AvgIpc) is 2.62. The molecule has 9 heteroatoms. The molecule has 0 bridgehead atoms. The highest BCUT2D eigenvalue weighted by atomic mass is 35.5. The Balaban J connectivity index is 1.79. The number of benzene rings is 2. The van der Waals surface area contributed by atoms with Crippen LogP contribution in [-0.2, 0) is 6.18 Å². The molecule has 2 aromatic carbocycles. The summed E-state index contributed by atoms with van der Waals surface area (Å²) in [5.74, 6) is 1.44. The Morgan fingerprint density at radius 3 is 2.21 bits per heavy atom. The van der Waals surface area contributed by atoms with E-state index in [0.29, 0.717) is 35.3 Å². The van der Waals surface area contributed by atoms with Crippen molar-refractivity contribution in [2.75, 3.05) is 19.8 Å². The van der Waals surface area contributed by atoms with Crippen molar-refractivity contribution >= 4 is 34.8 Å². The van der Waals surface area contributed by atoms with Gasteiger partial charge < -0.3 is 14.2 Å². The van der Waals surface area contributed by atoms with Crippen LogP contribution in [0, 0.1) is 6.92 Å². The Morgan fingerprint density at radius 1 is 0.966 bits per heavy atom. The summed E-state index contributed by atoms with van der Waals surface area (Å²) in [5.41, 5.74) is 0.0737. The van der Waals surface area contributed by atoms with Gasteiger partial charge in [0.25, 0.3) is 0 Å². The zero-order chi connectivity index (χ0) is 21.4. The van der Waals surface area contributed by atoms with Crippen LogP contribution >= 0.6 is 34.8 Å². The van der Waals surface area contributed by atoms with Crippen molar-refractivity contribution in [1.29, 1.82) is 0 Å². The minimum atomic E-state index is -4.36. The fourth-order valence-corrected chi connectivity index (χ4v) is 2.77. The predicted octanol–water partition coefficient (Wildman–Crippen LogP) is 7.21. The van der Waals surface area contributed by atoms with Crippen molar-refractivity contribution in [1.82, 2.24) is 0 Å². The van der Waals surface area contributed by atoms with E-state index in [-0.39, 0.29) is 17.7 Å². The molecular weight excluding hydrogens is 452 g/mol. The van der Waals surface area contributed by atoms with Crippen molar-refractivity contribution in [2.45, 2.75) is 19.5 Å². The molecule has 2 aromatic rings. The number of alkyl halides is 3. The van der Waals surface area contributed by atoms with Crippen LogP contribution in [0.2, 0.25) is 5.02 Å². The Morgan fingerprint density at radius 2 is 1.62 bits per heavy atom. The van der Waals surface area contributed by atoms with Crippen LogP contribution in [-0.4, -0.2) is 19.8 Å². The highest BCUT2D eigenvalue weighted by molar-refractivity contribution is 6.55. The Bertz CT molecular complexity index is 810. The second kappa shape index (κ2) is 10.9. The molecule has 0 spiro atoms. The van der Waals surface area contributed by atoms with E-state index in [2.05, 4.69) is 0 Å². The number of hydrogen-bond donors (Lipinski definition) is 0. The third-order valence-corrected chi connectivity index (χ3v) is 4.27. The molecule has 3 nitrogen and oxygen atoms in total. The van der Waals surface area contributed by atoms with Gasteiger partial charge in [-0.25, -0.2) is 0 Å². The van der Waals surface area contributed by atoms with Gasteiger partial charge in [0.05, 0.1) is 23.8 Å². The molecule has 0 unspecified atom stereocenters. The first-order valence-corrected chi connectivity index (χ1v) is 9.67. The van der Waals surface area contributed by atoms with Gasteiger partial charge in [-0.2, -0.15) is 13.2 Å². The fourth-order valence-electron chi connectivity index (χ4n) is 2.33. The molecule has 0 aromatic heterocycles. The maximum atomic E-state index is 12.5. The summed E-state index contributed by atoms with van der Waals surface area (Å²) in [4.78, 5) is 0. The molecule has 0 aliphatic rings. The van der Waals surface area contributed by atoms with E-state index < -0.39 is 11.7 Å². The van der Waals surface area contributed by atoms with Crippen LogP contribution in [0.5, 0.6) is 17.2 Å². The lowest BCUT2D eigenvalue weighted by Gasteiger charge is -2.14. The van der Waals surface area contributed by atoms with E-state index >= 15 is 0 Å². The molecule has 0 aliphatic heterocycles. The number of halogens is 6. The van der Waals surface area contributed by atoms with Gasteiger partial charge in [-0.3, -0.25) is 0 Å². The molecule has 29 heavy (non-hydrogen) atoms. The van der Waals surface area contributed by atoms with Crippen LogP contribution in [0.15, 0.2) is 47.0 Å². The largest absolute Gasteiger partial charge is 0.493 e. The molecule has 0 atom stereocenters. The molecule has 0 amide bonds. The zero-order valence-electron chi connectivity index (χ0n) is 15.4. The molecule has 2 rings (SSSR count). The highest BCUT2D eigenvalue weighted by Crippen LogP contribution is 2.33. The van der Waals surface area contributed by atoms with Gasteiger partial charge in [0.1, 0.15) is 28.3 Å². The van der Waals surface area contributed by atoms with Crippen molar-refractivity contribution in [3.8, 4) is 17.2 Å². The van der Waals surface area contributed by atoms with Crippen molar-refractivity contribution in [3.05, 3.63) is 63.1 Å². The summed E-state index contributed by atoms with van der Waals surface area (Å²) in [7, 11) is 0. The first-order valence-electron chi connectivity index (χ1n) is 8.54. The third kappa shape index (κ3) is 7.88. The molecule has 158 valence electrons. The molecule has 0 N–H and O–H groups in total. The van der Waals surface area contributed by atoms with Gasteiger partial charge in [-0.15, -0.1) is 0 Å². The number of ether oxygens (including phenoxy) is 3. The summed E-state index contributed by atoms with van der Waals surface area (Å²) >= 11 is 17.3. The van der Waals surface area contributed by atoms with E-state index in [4.69, 9.17) is 49.0 Å². The molecule has 0 saturated carbocycles. The summed E-state index contributed by atoms with van der Waals surface area (Å²) < 4.78 is 54.3. The van der Waals surface area contributed by atoms with Crippen LogP contribution < -0.4 is 14.2 Å². The predicted molar refractivity (Wildman–Crippen MR) is 109 cm³/mol. The molecule has 0 fully saturated rings. The van der Waals surface area contributed by atoms with Crippen molar-refractivity contribution in [2.24, 2.45) is 0 Å². The van der Waals surface area contributed by atoms with Gasteiger partial charge in [0, 0.05) is 12.5 Å². The molecular formula is C20H18Cl3F3O3. The quantitative estimate of drug-likeness (QED) is 0.363. The number of rotatable bonds is 9. The van der Waals surface area contributed by atoms with E-state index in [1.165, 1.54) is 18.2 Å². The van der Waals surface area contributed by atoms with E-state index in [1.807, 2.05) is 6.92 Å². The molecule has 0 aliphatic carbocycles. The smallest absolute Gasteiger partial charge is 0.416 e. The molecule has 0 saturated heterocycles. The average molecular weight is 470 g/mol. The first-order chi connectivity index (χ1) is 13.7. The second-order valence-electron chi connectivity index (χ2n) is 5.93. The minimum absolute atomic E-state index is 0.117. The lowest BCUT2D eigenvalue weighted by atomic mass is 10.2. The first kappa shape index (κ1) is 23.5. The lowest BCUT2D eigenvalue weighted by molar-refractivity contribution is -0.137. The van der Waals surface area contributed by atoms with Crippen molar-refractivity contribution in [3.63, 3.8) is 0 Å². The van der Waals surface area contributed by atoms with Gasteiger partial charge in [-0.1, -0.05) is 34.8 Å². The van der Waals surface area contributed by atoms with Gasteiger partial charge in [0.2, 0.25) is 0 Å². The molecule has 0 heterocycles. The summed E-state index contributed by atoms with van der Waals surface area (Å²) in [5, 5.41) is 0.393. The third-order valence-electron chi connectivity index (χ3n) is 3.68. The number of aryl methyl sites for hydroxylation is 1. The van der Waals surface area contributed by atoms with E-state index in [0.717, 1.165) is 17.7 Å². The normalized spacial score (nSPS) is 11.1. The SMILES string of the molecule is Cc1cc(OCC=C(Cl)Cl)cc(Cl)c1OCCCOc1ccc(C(F)(F)F)cc1. The Hall–Kier alpha value is -1.76. The van der Waals surface area contributed by atoms with Gasteiger partial charge in [0.15, 0.2) is 0 Å². The van der Waals surface area contributed by atoms with Gasteiger partial charge in [-0.05, 0) is 48.9 Å². The minimum Gasteiger partial charge on any atom is -0.493 e. The standard InChI is InChI=1S/C20H18Cl3F3O3/c1-13-11-16(28-10-7-18(22)23)12-17(21)19(13)29-9-2-8-27-15-5-3-14(4-6-15)20(24,25)26/h3-7,11-12H,2,8-10H2,1H3. The van der Waals surface area contributed by atoms with E-state index in [9.17, 15) is 13.2 Å². The number of hydrogen-bond acceptors (Lipinski definition) is 3. The second-order valence-corrected chi connectivity index (χ2v) is 7.34. The highest BCUT2D eigenvalue weighted by Gasteiger charge is 2.29. The van der Waals surface area contributed by atoms with Gasteiger partial charge >= 0.3 is 6.18 Å². The van der Waals surface area contributed by atoms with Crippen molar-refractivity contribution < 1.29 is 27.4 Å². The summed E-state index contributed by atoms with van der Waals surface area (Å²) in [6.45, 7) is 2.65. The Kier molecular flexibility index (Phi) is 8.80. The monoisotopic (exact) mass is 468 g/mol. The van der Waals surface area contributed by atoms with Crippen LogP contribution in [0.25, 0.3) is 0 Å². The summed E-state index contributed by atoms with van der Waals surface area (Å²) in [6, 6.07) is 7.94. The van der Waals surface area contributed by atoms with Crippen LogP contribution in [0.3, 0.4) is 0 Å². The Labute approximate surface area is 181 Å². The summed E-state index contributed by atoms with van der Waals surface area (Å²) in [6.07, 6.45) is -2.33. The maximum Gasteiger partial charge on any atom is 0.416 e. The fraction of sp³-hybridized carbons (Fsp3) is 0.300. The molecule has 0 radical (unpaired) electrons. The maximum absolute atomic E-state index is 12.5. The zero-order valence-corrected chi connectivity index (χ0v) is 17.6.